The fraction of sp³-hybridized carbons (Fsp3) is 0.438. The van der Waals surface area contributed by atoms with Crippen molar-refractivity contribution in [3.05, 3.63) is 45.7 Å². The fourth-order valence-corrected chi connectivity index (χ4v) is 2.83. The first kappa shape index (κ1) is 14.9. The van der Waals surface area contributed by atoms with E-state index < -0.39 is 0 Å². The lowest BCUT2D eigenvalue weighted by molar-refractivity contribution is 0.669. The molecule has 5 heteroatoms. The van der Waals surface area contributed by atoms with Gasteiger partial charge in [-0.15, -0.1) is 0 Å². The van der Waals surface area contributed by atoms with Gasteiger partial charge in [-0.3, -0.25) is 0 Å². The summed E-state index contributed by atoms with van der Waals surface area (Å²) in [6, 6.07) is 5.68. The van der Waals surface area contributed by atoms with Gasteiger partial charge in [-0.2, -0.15) is 5.10 Å². The molecule has 0 radical (unpaired) electrons. The smallest absolute Gasteiger partial charge is 0.0664 e. The highest BCUT2D eigenvalue weighted by Gasteiger charge is 2.30. The Morgan fingerprint density at radius 2 is 2.10 bits per heavy atom. The first-order valence-electron chi connectivity index (χ1n) is 7.43. The maximum Gasteiger partial charge on any atom is 0.0664 e. The van der Waals surface area contributed by atoms with E-state index in [1.807, 2.05) is 29.1 Å². The average Bonchev–Trinajstić information content (AvgIpc) is 3.23. The third-order valence-corrected chi connectivity index (χ3v) is 4.48. The molecule has 1 saturated carbocycles. The first-order valence-corrected chi connectivity index (χ1v) is 8.19. The quantitative estimate of drug-likeness (QED) is 0.790. The van der Waals surface area contributed by atoms with Crippen LogP contribution in [0.15, 0.2) is 24.4 Å². The Morgan fingerprint density at radius 3 is 2.76 bits per heavy atom. The second kappa shape index (κ2) is 6.39. The molecule has 2 aromatic rings. The van der Waals surface area contributed by atoms with Gasteiger partial charge < -0.3 is 5.32 Å². The number of nitrogens with zero attached hydrogens (tertiary/aromatic N) is 2. The number of hydrogen-bond acceptors (Lipinski definition) is 2. The van der Waals surface area contributed by atoms with Crippen LogP contribution in [0.2, 0.25) is 10.0 Å². The molecule has 0 aliphatic heterocycles. The van der Waals surface area contributed by atoms with Crippen LogP contribution < -0.4 is 5.32 Å². The van der Waals surface area contributed by atoms with Crippen molar-refractivity contribution in [1.29, 1.82) is 0 Å². The van der Waals surface area contributed by atoms with E-state index in [0.29, 0.717) is 16.0 Å². The Labute approximate surface area is 135 Å². The van der Waals surface area contributed by atoms with Crippen molar-refractivity contribution < 1.29 is 0 Å². The summed E-state index contributed by atoms with van der Waals surface area (Å²) in [6.45, 7) is 4.08. The minimum atomic E-state index is 0.567. The summed E-state index contributed by atoms with van der Waals surface area (Å²) in [7, 11) is 0. The fourth-order valence-electron chi connectivity index (χ4n) is 2.54. The summed E-state index contributed by atoms with van der Waals surface area (Å²) in [5, 5.41) is 9.17. The van der Waals surface area contributed by atoms with Crippen LogP contribution in [0.4, 0.5) is 0 Å². The zero-order valence-corrected chi connectivity index (χ0v) is 13.6. The average molecular weight is 324 g/mol. The molecule has 112 valence electrons. The van der Waals surface area contributed by atoms with E-state index in [-0.39, 0.29) is 0 Å². The van der Waals surface area contributed by atoms with Crippen LogP contribution in [0.1, 0.15) is 43.4 Å². The van der Waals surface area contributed by atoms with Gasteiger partial charge in [0, 0.05) is 18.0 Å². The lowest BCUT2D eigenvalue weighted by atomic mass is 10.1. The largest absolute Gasteiger partial charge is 0.313 e. The van der Waals surface area contributed by atoms with Crippen LogP contribution in [-0.2, 0) is 6.54 Å². The van der Waals surface area contributed by atoms with Crippen molar-refractivity contribution in [2.24, 2.45) is 0 Å². The normalized spacial score (nSPS) is 14.6. The van der Waals surface area contributed by atoms with Crippen LogP contribution >= 0.6 is 23.2 Å². The molecular weight excluding hydrogens is 305 g/mol. The minimum absolute atomic E-state index is 0.567. The summed E-state index contributed by atoms with van der Waals surface area (Å²) in [4.78, 5) is 0. The highest BCUT2D eigenvalue weighted by molar-refractivity contribution is 6.42. The van der Waals surface area contributed by atoms with Gasteiger partial charge in [0.2, 0.25) is 0 Å². The topological polar surface area (TPSA) is 29.9 Å². The summed E-state index contributed by atoms with van der Waals surface area (Å²) in [5.74, 6) is 0.625. The molecule has 1 fully saturated rings. The molecule has 3 rings (SSSR count). The van der Waals surface area contributed by atoms with E-state index >= 15 is 0 Å². The molecule has 0 bridgehead atoms. The van der Waals surface area contributed by atoms with E-state index in [1.54, 1.807) is 0 Å². The maximum absolute atomic E-state index is 6.14. The zero-order chi connectivity index (χ0) is 14.8. The maximum atomic E-state index is 6.14. The van der Waals surface area contributed by atoms with Crippen LogP contribution in [-0.4, -0.2) is 16.3 Å². The lowest BCUT2D eigenvalue weighted by Crippen LogP contribution is -2.15. The van der Waals surface area contributed by atoms with Gasteiger partial charge in [0.15, 0.2) is 0 Å². The third kappa shape index (κ3) is 3.25. The van der Waals surface area contributed by atoms with Gasteiger partial charge >= 0.3 is 0 Å². The summed E-state index contributed by atoms with van der Waals surface area (Å²) in [5.41, 5.74) is 3.59. The molecule has 0 saturated heterocycles. The van der Waals surface area contributed by atoms with E-state index in [0.717, 1.165) is 25.2 Å². The predicted molar refractivity (Wildman–Crippen MR) is 87.6 cm³/mol. The Kier molecular flexibility index (Phi) is 4.53. The number of aromatic nitrogens is 2. The van der Waals surface area contributed by atoms with Gasteiger partial charge in [-0.05, 0) is 44.0 Å². The van der Waals surface area contributed by atoms with Crippen LogP contribution in [0, 0.1) is 0 Å². The van der Waals surface area contributed by atoms with E-state index in [2.05, 4.69) is 17.3 Å². The van der Waals surface area contributed by atoms with Gasteiger partial charge in [0.25, 0.3) is 0 Å². The molecule has 1 aliphatic rings. The summed E-state index contributed by atoms with van der Waals surface area (Å²) >= 11 is 12.1. The predicted octanol–water partition coefficient (Wildman–Crippen LogP) is 4.56. The van der Waals surface area contributed by atoms with Crippen molar-refractivity contribution >= 4 is 23.2 Å². The molecule has 1 aliphatic carbocycles. The van der Waals surface area contributed by atoms with Crippen molar-refractivity contribution in [3.8, 4) is 5.69 Å². The SMILES string of the molecule is CCCNCc1cnn(-c2ccc(Cl)c(Cl)c2)c1C1CC1. The molecule has 3 nitrogen and oxygen atoms in total. The van der Waals surface area contributed by atoms with Crippen molar-refractivity contribution in [3.63, 3.8) is 0 Å². The third-order valence-electron chi connectivity index (χ3n) is 3.74. The number of benzene rings is 1. The second-order valence-electron chi connectivity index (χ2n) is 5.52. The Hall–Kier alpha value is -1.03. The highest BCUT2D eigenvalue weighted by Crippen LogP contribution is 2.42. The Balaban J connectivity index is 1.92. The molecule has 1 N–H and O–H groups in total. The zero-order valence-electron chi connectivity index (χ0n) is 12.1. The summed E-state index contributed by atoms with van der Waals surface area (Å²) in [6.07, 6.45) is 5.60. The molecule has 0 amide bonds. The highest BCUT2D eigenvalue weighted by atomic mass is 35.5. The molecule has 1 aromatic heterocycles. The molecule has 0 unspecified atom stereocenters. The molecule has 1 aromatic carbocycles. The van der Waals surface area contributed by atoms with Gasteiger partial charge in [-0.25, -0.2) is 4.68 Å². The van der Waals surface area contributed by atoms with Crippen LogP contribution in [0.5, 0.6) is 0 Å². The number of hydrogen-bond donors (Lipinski definition) is 1. The monoisotopic (exact) mass is 323 g/mol. The van der Waals surface area contributed by atoms with Crippen molar-refractivity contribution in [2.75, 3.05) is 6.54 Å². The van der Waals surface area contributed by atoms with E-state index in [4.69, 9.17) is 23.2 Å². The van der Waals surface area contributed by atoms with Gasteiger partial charge in [0.1, 0.15) is 0 Å². The molecule has 21 heavy (non-hydrogen) atoms. The standard InChI is InChI=1S/C16H19Cl2N3/c1-2-7-19-9-12-10-20-21(16(12)11-3-4-11)13-5-6-14(17)15(18)8-13/h5-6,8,10-11,19H,2-4,7,9H2,1H3. The lowest BCUT2D eigenvalue weighted by Gasteiger charge is -2.10. The Bertz CT molecular complexity index is 632. The van der Waals surface area contributed by atoms with E-state index in [1.165, 1.54) is 24.1 Å². The van der Waals surface area contributed by atoms with Gasteiger partial charge in [-0.1, -0.05) is 30.1 Å². The minimum Gasteiger partial charge on any atom is -0.313 e. The molecule has 1 heterocycles. The van der Waals surface area contributed by atoms with E-state index in [9.17, 15) is 0 Å². The molecule has 0 spiro atoms. The van der Waals surface area contributed by atoms with Crippen molar-refractivity contribution in [2.45, 2.75) is 38.6 Å². The number of halogens is 2. The first-order chi connectivity index (χ1) is 10.2. The Morgan fingerprint density at radius 1 is 1.29 bits per heavy atom. The molecule has 0 atom stereocenters. The van der Waals surface area contributed by atoms with Crippen LogP contribution in [0.3, 0.4) is 0 Å². The second-order valence-corrected chi connectivity index (χ2v) is 6.33. The van der Waals surface area contributed by atoms with Crippen molar-refractivity contribution in [1.82, 2.24) is 15.1 Å². The number of nitrogens with one attached hydrogen (secondary N) is 1. The van der Waals surface area contributed by atoms with Gasteiger partial charge in [0.05, 0.1) is 27.6 Å². The summed E-state index contributed by atoms with van der Waals surface area (Å²) < 4.78 is 2.02. The van der Waals surface area contributed by atoms with Crippen LogP contribution in [0.25, 0.3) is 5.69 Å². The molecular formula is C16H19Cl2N3. The number of rotatable bonds is 6.